The molecule has 0 radical (unpaired) electrons. The van der Waals surface area contributed by atoms with Crippen molar-refractivity contribution in [1.82, 2.24) is 9.80 Å². The molecule has 2 amide bonds. The maximum Gasteiger partial charge on any atom is 0.242 e. The molecule has 0 aliphatic carbocycles. The number of hydrogen-bond donors (Lipinski definition) is 0. The van der Waals surface area contributed by atoms with Gasteiger partial charge in [-0.25, -0.2) is 0 Å². The molecular formula is C11H18N2O2S. The van der Waals surface area contributed by atoms with Gasteiger partial charge in [0.05, 0.1) is 11.6 Å². The molecule has 2 aliphatic rings. The number of nitrogens with zero attached hydrogens (tertiary/aromatic N) is 2. The van der Waals surface area contributed by atoms with Crippen molar-refractivity contribution in [3.05, 3.63) is 0 Å². The maximum atomic E-state index is 12.0. The van der Waals surface area contributed by atoms with Crippen LogP contribution in [-0.4, -0.2) is 52.4 Å². The molecule has 0 aromatic heterocycles. The molecule has 2 aliphatic heterocycles. The molecule has 16 heavy (non-hydrogen) atoms. The summed E-state index contributed by atoms with van der Waals surface area (Å²) in [6.45, 7) is 3.23. The Morgan fingerprint density at radius 3 is 2.94 bits per heavy atom. The average molecular weight is 242 g/mol. The average Bonchev–Trinajstić information content (AvgIpc) is 2.65. The number of carbonyl (C=O) groups excluding carboxylic acids is 2. The van der Waals surface area contributed by atoms with E-state index in [0.29, 0.717) is 17.7 Å². The van der Waals surface area contributed by atoms with E-state index in [1.165, 1.54) is 6.42 Å². The third kappa shape index (κ3) is 2.51. The molecular weight excluding hydrogens is 224 g/mol. The van der Waals surface area contributed by atoms with E-state index in [1.54, 1.807) is 16.7 Å². The Bertz CT molecular complexity index is 296. The molecule has 0 saturated carbocycles. The zero-order chi connectivity index (χ0) is 11.5. The van der Waals surface area contributed by atoms with Gasteiger partial charge in [-0.2, -0.15) is 0 Å². The minimum Gasteiger partial charge on any atom is -0.338 e. The molecule has 2 rings (SSSR count). The molecule has 90 valence electrons. The Morgan fingerprint density at radius 2 is 2.31 bits per heavy atom. The zero-order valence-electron chi connectivity index (χ0n) is 9.65. The van der Waals surface area contributed by atoms with Gasteiger partial charge in [-0.15, -0.1) is 11.8 Å². The largest absolute Gasteiger partial charge is 0.338 e. The number of carbonyl (C=O) groups is 2. The van der Waals surface area contributed by atoms with Crippen LogP contribution in [0, 0.1) is 0 Å². The van der Waals surface area contributed by atoms with Gasteiger partial charge < -0.3 is 9.80 Å². The van der Waals surface area contributed by atoms with Crippen molar-refractivity contribution < 1.29 is 9.59 Å². The first kappa shape index (κ1) is 11.8. The molecule has 2 saturated heterocycles. The van der Waals surface area contributed by atoms with E-state index in [9.17, 15) is 9.59 Å². The van der Waals surface area contributed by atoms with Gasteiger partial charge in [0.25, 0.3) is 0 Å². The van der Waals surface area contributed by atoms with Crippen molar-refractivity contribution in [1.29, 1.82) is 0 Å². The van der Waals surface area contributed by atoms with E-state index >= 15 is 0 Å². The van der Waals surface area contributed by atoms with Gasteiger partial charge in [0, 0.05) is 12.6 Å². The Hall–Kier alpha value is -0.710. The zero-order valence-corrected chi connectivity index (χ0v) is 10.5. The summed E-state index contributed by atoms with van der Waals surface area (Å²) in [6, 6.07) is 0.339. The second-order valence-corrected chi connectivity index (χ2v) is 5.46. The molecule has 1 atom stereocenters. The minimum absolute atomic E-state index is 0.100. The van der Waals surface area contributed by atoms with Crippen molar-refractivity contribution in [3.8, 4) is 0 Å². The summed E-state index contributed by atoms with van der Waals surface area (Å²) in [5.41, 5.74) is 0. The summed E-state index contributed by atoms with van der Waals surface area (Å²) in [5.74, 6) is 1.42. The third-order valence-electron chi connectivity index (χ3n) is 3.27. The van der Waals surface area contributed by atoms with Crippen molar-refractivity contribution in [2.45, 2.75) is 32.2 Å². The standard InChI is InChI=1S/C11H18N2O2S/c1-9-4-2-3-5-13(9)10(14)6-12-8-16-7-11(12)15/h9H,2-8H2,1H3/t9-/m0/s1. The van der Waals surface area contributed by atoms with Crippen molar-refractivity contribution in [2.75, 3.05) is 24.7 Å². The summed E-state index contributed by atoms with van der Waals surface area (Å²) >= 11 is 1.59. The molecule has 0 unspecified atom stereocenters. The fourth-order valence-electron chi connectivity index (χ4n) is 2.26. The lowest BCUT2D eigenvalue weighted by molar-refractivity contribution is -0.140. The highest BCUT2D eigenvalue weighted by Crippen LogP contribution is 2.19. The van der Waals surface area contributed by atoms with Gasteiger partial charge in [0.2, 0.25) is 11.8 Å². The number of rotatable bonds is 2. The molecule has 0 N–H and O–H groups in total. The highest BCUT2D eigenvalue weighted by Gasteiger charge is 2.28. The topological polar surface area (TPSA) is 40.6 Å². The molecule has 4 nitrogen and oxygen atoms in total. The van der Waals surface area contributed by atoms with Crippen LogP contribution in [0.3, 0.4) is 0 Å². The smallest absolute Gasteiger partial charge is 0.242 e. The van der Waals surface area contributed by atoms with E-state index < -0.39 is 0 Å². The van der Waals surface area contributed by atoms with Gasteiger partial charge in [0.1, 0.15) is 6.54 Å². The first-order chi connectivity index (χ1) is 7.68. The van der Waals surface area contributed by atoms with Gasteiger partial charge in [-0.3, -0.25) is 9.59 Å². The second-order valence-electron chi connectivity index (χ2n) is 4.50. The molecule has 0 aromatic carbocycles. The summed E-state index contributed by atoms with van der Waals surface area (Å²) in [7, 11) is 0. The maximum absolute atomic E-state index is 12.0. The van der Waals surface area contributed by atoms with E-state index in [2.05, 4.69) is 6.92 Å². The van der Waals surface area contributed by atoms with Crippen LogP contribution >= 0.6 is 11.8 Å². The fourth-order valence-corrected chi connectivity index (χ4v) is 3.17. The molecule has 0 spiro atoms. The quantitative estimate of drug-likeness (QED) is 0.723. The SMILES string of the molecule is C[C@H]1CCCCN1C(=O)CN1CSCC1=O. The number of thioether (sulfide) groups is 1. The summed E-state index contributed by atoms with van der Waals surface area (Å²) in [6.07, 6.45) is 3.40. The number of piperidine rings is 1. The Kier molecular flexibility index (Phi) is 3.74. The number of hydrogen-bond acceptors (Lipinski definition) is 3. The van der Waals surface area contributed by atoms with Crippen molar-refractivity contribution in [2.24, 2.45) is 0 Å². The highest BCUT2D eigenvalue weighted by atomic mass is 32.2. The molecule has 2 fully saturated rings. The predicted molar refractivity (Wildman–Crippen MR) is 64.1 cm³/mol. The van der Waals surface area contributed by atoms with E-state index in [0.717, 1.165) is 19.4 Å². The molecule has 0 aromatic rings. The second kappa shape index (κ2) is 5.08. The molecule has 5 heteroatoms. The van der Waals surface area contributed by atoms with Crippen LogP contribution in [0.25, 0.3) is 0 Å². The lowest BCUT2D eigenvalue weighted by Crippen LogP contribution is -2.47. The minimum atomic E-state index is 0.100. The van der Waals surface area contributed by atoms with Gasteiger partial charge in [-0.1, -0.05) is 0 Å². The van der Waals surface area contributed by atoms with Crippen LogP contribution in [-0.2, 0) is 9.59 Å². The van der Waals surface area contributed by atoms with Crippen LogP contribution in [0.5, 0.6) is 0 Å². The van der Waals surface area contributed by atoms with Crippen LogP contribution in [0.2, 0.25) is 0 Å². The van der Waals surface area contributed by atoms with Crippen LogP contribution in [0.1, 0.15) is 26.2 Å². The Balaban J connectivity index is 1.89. The third-order valence-corrected chi connectivity index (χ3v) is 4.22. The summed E-state index contributed by atoms with van der Waals surface area (Å²) in [5, 5.41) is 0. The number of amides is 2. The van der Waals surface area contributed by atoms with E-state index in [-0.39, 0.29) is 18.4 Å². The van der Waals surface area contributed by atoms with Gasteiger partial charge in [0.15, 0.2) is 0 Å². The fraction of sp³-hybridized carbons (Fsp3) is 0.818. The Labute approximate surface area is 100 Å². The lowest BCUT2D eigenvalue weighted by Gasteiger charge is -2.34. The van der Waals surface area contributed by atoms with Crippen LogP contribution in [0.15, 0.2) is 0 Å². The summed E-state index contributed by atoms with van der Waals surface area (Å²) < 4.78 is 0. The first-order valence-corrected chi connectivity index (χ1v) is 6.99. The predicted octanol–water partition coefficient (Wildman–Crippen LogP) is 0.920. The number of likely N-dealkylation sites (tertiary alicyclic amines) is 1. The Morgan fingerprint density at radius 1 is 1.50 bits per heavy atom. The van der Waals surface area contributed by atoms with Crippen LogP contribution < -0.4 is 0 Å². The van der Waals surface area contributed by atoms with Gasteiger partial charge >= 0.3 is 0 Å². The first-order valence-electron chi connectivity index (χ1n) is 5.83. The lowest BCUT2D eigenvalue weighted by atomic mass is 10.0. The van der Waals surface area contributed by atoms with Crippen molar-refractivity contribution >= 4 is 23.6 Å². The van der Waals surface area contributed by atoms with Crippen LogP contribution in [0.4, 0.5) is 0 Å². The van der Waals surface area contributed by atoms with Gasteiger partial charge in [-0.05, 0) is 26.2 Å². The van der Waals surface area contributed by atoms with Crippen molar-refractivity contribution in [3.63, 3.8) is 0 Å². The van der Waals surface area contributed by atoms with E-state index in [1.807, 2.05) is 4.90 Å². The highest BCUT2D eigenvalue weighted by molar-refractivity contribution is 8.00. The summed E-state index contributed by atoms with van der Waals surface area (Å²) in [4.78, 5) is 27.0. The van der Waals surface area contributed by atoms with E-state index in [4.69, 9.17) is 0 Å². The monoisotopic (exact) mass is 242 g/mol. The normalized spacial score (nSPS) is 26.3. The molecule has 0 bridgehead atoms. The molecule has 2 heterocycles.